The predicted molar refractivity (Wildman–Crippen MR) is 148 cm³/mol. The van der Waals surface area contributed by atoms with Gasteiger partial charge in [-0.25, -0.2) is 4.79 Å². The summed E-state index contributed by atoms with van der Waals surface area (Å²) >= 11 is 1.59. The van der Waals surface area contributed by atoms with Gasteiger partial charge in [0.05, 0.1) is 4.53 Å². The smallest absolute Gasteiger partial charge is 0.419 e. The van der Waals surface area contributed by atoms with E-state index in [1.807, 2.05) is 12.1 Å². The fourth-order valence-electron chi connectivity index (χ4n) is 5.82. The second kappa shape index (κ2) is 9.59. The lowest BCUT2D eigenvalue weighted by atomic mass is 9.96. The van der Waals surface area contributed by atoms with Gasteiger partial charge in [-0.2, -0.15) is 4.57 Å². The van der Waals surface area contributed by atoms with Gasteiger partial charge in [-0.15, -0.1) is 11.3 Å². The highest BCUT2D eigenvalue weighted by Crippen LogP contribution is 2.50. The van der Waals surface area contributed by atoms with E-state index in [9.17, 15) is 24.3 Å². The summed E-state index contributed by atoms with van der Waals surface area (Å²) in [5, 5.41) is 9.29. The number of carbonyl (C=O) groups is 3. The van der Waals surface area contributed by atoms with Gasteiger partial charge in [0.25, 0.3) is 16.7 Å². The molecule has 1 saturated carbocycles. The molecule has 2 fully saturated rings. The van der Waals surface area contributed by atoms with Gasteiger partial charge in [-0.1, -0.05) is 42.8 Å². The minimum Gasteiger partial charge on any atom is -0.464 e. The largest absolute Gasteiger partial charge is 0.464 e. The molecule has 2 aromatic carbocycles. The van der Waals surface area contributed by atoms with Crippen LogP contribution in [0, 0.1) is 0 Å². The number of amides is 2. The molecule has 1 aromatic heterocycles. The van der Waals surface area contributed by atoms with Crippen molar-refractivity contribution in [1.29, 1.82) is 0 Å². The number of thiazole rings is 1. The van der Waals surface area contributed by atoms with E-state index in [1.54, 1.807) is 13.0 Å². The van der Waals surface area contributed by atoms with Crippen LogP contribution in [0.4, 0.5) is 15.3 Å². The van der Waals surface area contributed by atoms with Crippen LogP contribution >= 0.6 is 23.1 Å². The molecule has 2 amide bonds. The molecule has 0 spiro atoms. The number of carbonyl (C=O) groups excluding carboxylic acids is 2. The number of nitrogens with zero attached hydrogens (tertiary/aromatic N) is 3. The Morgan fingerprint density at radius 3 is 2.61 bits per heavy atom. The number of anilines is 1. The first kappa shape index (κ1) is 24.7. The third-order valence-corrected chi connectivity index (χ3v) is 9.70. The topological polar surface area (TPSA) is 99.9 Å². The van der Waals surface area contributed by atoms with Gasteiger partial charge >= 0.3 is 6.09 Å². The maximum Gasteiger partial charge on any atom is 0.419 e. The lowest BCUT2D eigenvalue weighted by Crippen LogP contribution is -2.37. The Balaban J connectivity index is 1.43. The highest BCUT2D eigenvalue weighted by Gasteiger charge is 2.41. The van der Waals surface area contributed by atoms with E-state index in [0.29, 0.717) is 28.3 Å². The maximum absolute atomic E-state index is 13.1. The van der Waals surface area contributed by atoms with Crippen LogP contribution in [-0.2, 0) is 11.3 Å². The van der Waals surface area contributed by atoms with Gasteiger partial charge in [0.2, 0.25) is 0 Å². The summed E-state index contributed by atoms with van der Waals surface area (Å²) in [6, 6.07) is 17.0. The third-order valence-electron chi connectivity index (χ3n) is 7.51. The summed E-state index contributed by atoms with van der Waals surface area (Å²) in [4.78, 5) is 53.5. The van der Waals surface area contributed by atoms with E-state index >= 15 is 0 Å². The zero-order chi connectivity index (χ0) is 26.6. The third kappa shape index (κ3) is 3.99. The molecule has 194 valence electrons. The normalized spacial score (nSPS) is 22.4. The zero-order valence-electron chi connectivity index (χ0n) is 20.6. The Kier molecular flexibility index (Phi) is 6.23. The average Bonchev–Trinajstić information content (AvgIpc) is 3.64. The second-order valence-corrected chi connectivity index (χ2v) is 11.6. The van der Waals surface area contributed by atoms with Crippen molar-refractivity contribution in [3.05, 3.63) is 84.8 Å². The number of rotatable bonds is 4. The van der Waals surface area contributed by atoms with Gasteiger partial charge in [0, 0.05) is 30.7 Å². The Labute approximate surface area is 226 Å². The molecular weight excluding hydrogens is 522 g/mol. The highest BCUT2D eigenvalue weighted by atomic mass is 32.2. The fourth-order valence-corrected chi connectivity index (χ4v) is 7.96. The lowest BCUT2D eigenvalue weighted by Gasteiger charge is -2.27. The Morgan fingerprint density at radius 2 is 1.89 bits per heavy atom. The number of hydrogen-bond acceptors (Lipinski definition) is 7. The number of carboxylic acid groups (broad SMARTS) is 1. The van der Waals surface area contributed by atoms with Gasteiger partial charge in [0.15, 0.2) is 0 Å². The van der Waals surface area contributed by atoms with Crippen molar-refractivity contribution in [2.24, 2.45) is 0 Å². The molecule has 2 aliphatic heterocycles. The van der Waals surface area contributed by atoms with Crippen LogP contribution in [0.15, 0.2) is 53.3 Å². The van der Waals surface area contributed by atoms with Crippen molar-refractivity contribution in [3.8, 4) is 0 Å². The molecule has 0 radical (unpaired) electrons. The van der Waals surface area contributed by atoms with Crippen LogP contribution in [0.1, 0.15) is 48.8 Å². The van der Waals surface area contributed by atoms with Crippen molar-refractivity contribution in [1.82, 2.24) is 9.47 Å². The average molecular weight is 548 g/mol. The summed E-state index contributed by atoms with van der Waals surface area (Å²) in [5.74, 6) is -0.153. The summed E-state index contributed by atoms with van der Waals surface area (Å²) in [5.41, 5.74) is 3.81. The molecule has 8 nitrogen and oxygen atoms in total. The molecular formula is C28H25N3O5S2. The monoisotopic (exact) mass is 547 g/mol. The molecule has 6 rings (SSSR count). The van der Waals surface area contributed by atoms with E-state index in [1.165, 1.54) is 23.2 Å². The molecule has 2 unspecified atom stereocenters. The SMILES string of the molecule is CCN1C(=O)S/C(=c2/s/c(=C/c3ccc4c(c3)C3CCCC3N4Cc3ccccc3)c(=O)n2C(=O)O)C1=O. The van der Waals surface area contributed by atoms with Gasteiger partial charge in [-0.3, -0.25) is 19.3 Å². The molecule has 0 bridgehead atoms. The highest BCUT2D eigenvalue weighted by molar-refractivity contribution is 8.23. The van der Waals surface area contributed by atoms with Gasteiger partial charge in [-0.05, 0) is 66.4 Å². The van der Waals surface area contributed by atoms with Crippen LogP contribution in [0.3, 0.4) is 0 Å². The predicted octanol–water partition coefficient (Wildman–Crippen LogP) is 3.74. The van der Waals surface area contributed by atoms with Crippen LogP contribution in [0.5, 0.6) is 0 Å². The molecule has 3 heterocycles. The molecule has 2 atom stereocenters. The van der Waals surface area contributed by atoms with Crippen molar-refractivity contribution in [2.45, 2.75) is 44.7 Å². The molecule has 3 aromatic rings. The molecule has 1 aliphatic carbocycles. The molecule has 1 saturated heterocycles. The minimum absolute atomic E-state index is 0.0275. The van der Waals surface area contributed by atoms with Crippen LogP contribution < -0.4 is 19.7 Å². The Bertz CT molecular complexity index is 1660. The number of imide groups is 1. The summed E-state index contributed by atoms with van der Waals surface area (Å²) in [6.07, 6.45) is 3.62. The number of thioether (sulfide) groups is 1. The maximum atomic E-state index is 13.1. The summed E-state index contributed by atoms with van der Waals surface area (Å²) in [6.45, 7) is 2.68. The molecule has 38 heavy (non-hydrogen) atoms. The quantitative estimate of drug-likeness (QED) is 0.531. The first-order valence-electron chi connectivity index (χ1n) is 12.6. The first-order chi connectivity index (χ1) is 18.4. The number of benzene rings is 2. The standard InChI is InChI=1S/C28H25N3O5S2/c1-2-29-25(33)23(38-28(29)36)26-31(27(34)35)24(32)22(37-26)14-17-11-12-21-19(13-17)18-9-6-10-20(18)30(21)15-16-7-4-3-5-8-16/h3-5,7-8,11-14,18,20H,2,6,9-10,15H2,1H3,(H,34,35)/b22-14+,26-23+. The second-order valence-electron chi connectivity index (χ2n) is 9.62. The summed E-state index contributed by atoms with van der Waals surface area (Å²) in [7, 11) is 0. The zero-order valence-corrected chi connectivity index (χ0v) is 22.3. The number of fused-ring (bicyclic) bond motifs is 3. The van der Waals surface area contributed by atoms with Gasteiger partial charge < -0.3 is 10.0 Å². The van der Waals surface area contributed by atoms with Crippen LogP contribution in [0.2, 0.25) is 0 Å². The van der Waals surface area contributed by atoms with E-state index in [-0.39, 0.29) is 20.6 Å². The molecule has 1 N–H and O–H groups in total. The van der Waals surface area contributed by atoms with Crippen molar-refractivity contribution >= 4 is 57.0 Å². The van der Waals surface area contributed by atoms with E-state index < -0.39 is 22.8 Å². The van der Waals surface area contributed by atoms with E-state index in [4.69, 9.17) is 0 Å². The fraction of sp³-hybridized carbons (Fsp3) is 0.286. The van der Waals surface area contributed by atoms with E-state index in [0.717, 1.165) is 41.2 Å². The summed E-state index contributed by atoms with van der Waals surface area (Å²) < 4.78 is 0.748. The van der Waals surface area contributed by atoms with Crippen LogP contribution in [0.25, 0.3) is 11.0 Å². The van der Waals surface area contributed by atoms with E-state index in [2.05, 4.69) is 41.3 Å². The lowest BCUT2D eigenvalue weighted by molar-refractivity contribution is -0.121. The van der Waals surface area contributed by atoms with Gasteiger partial charge in [0.1, 0.15) is 9.57 Å². The minimum atomic E-state index is -1.48. The first-order valence-corrected chi connectivity index (χ1v) is 14.2. The molecule has 3 aliphatic rings. The number of hydrogen-bond donors (Lipinski definition) is 1. The number of aromatic nitrogens is 1. The van der Waals surface area contributed by atoms with Crippen molar-refractivity contribution < 1.29 is 19.5 Å². The van der Waals surface area contributed by atoms with Crippen molar-refractivity contribution in [3.63, 3.8) is 0 Å². The molecule has 10 heteroatoms. The van der Waals surface area contributed by atoms with Crippen LogP contribution in [-0.4, -0.2) is 44.4 Å². The Hall–Kier alpha value is -3.63. The Morgan fingerprint density at radius 1 is 1.11 bits per heavy atom. The van der Waals surface area contributed by atoms with Crippen molar-refractivity contribution in [2.75, 3.05) is 11.4 Å².